The molecule has 0 aliphatic carbocycles. The van der Waals surface area contributed by atoms with Crippen molar-refractivity contribution in [2.75, 3.05) is 0 Å². The van der Waals surface area contributed by atoms with Crippen LogP contribution in [0.1, 0.15) is 19.7 Å². The van der Waals surface area contributed by atoms with Gasteiger partial charge in [0, 0.05) is 6.54 Å². The lowest BCUT2D eigenvalue weighted by atomic mass is 10.2. The molecule has 0 aliphatic rings. The lowest BCUT2D eigenvalue weighted by Crippen LogP contribution is -2.05. The van der Waals surface area contributed by atoms with Gasteiger partial charge in [-0.1, -0.05) is 13.8 Å². The van der Waals surface area contributed by atoms with Gasteiger partial charge in [0.2, 0.25) is 5.82 Å². The smallest absolute Gasteiger partial charge is 0.234 e. The molecule has 1 aromatic heterocycles. The van der Waals surface area contributed by atoms with Gasteiger partial charge in [0.25, 0.3) is 0 Å². The van der Waals surface area contributed by atoms with Crippen LogP contribution in [0, 0.1) is 17.2 Å². The molecule has 4 nitrogen and oxygen atoms in total. The molecule has 0 radical (unpaired) electrons. The Morgan fingerprint density at radius 1 is 1.73 bits per heavy atom. The van der Waals surface area contributed by atoms with Crippen LogP contribution >= 0.6 is 0 Å². The van der Waals surface area contributed by atoms with Crippen LogP contribution in [0.2, 0.25) is 0 Å². The van der Waals surface area contributed by atoms with E-state index in [1.54, 1.807) is 10.9 Å². The van der Waals surface area contributed by atoms with Gasteiger partial charge in [0.15, 0.2) is 0 Å². The van der Waals surface area contributed by atoms with Crippen LogP contribution in [0.5, 0.6) is 0 Å². The number of aromatic nitrogens is 3. The molecule has 0 saturated carbocycles. The molecule has 0 aliphatic heterocycles. The van der Waals surface area contributed by atoms with Crippen molar-refractivity contribution < 1.29 is 0 Å². The summed E-state index contributed by atoms with van der Waals surface area (Å²) in [5.74, 6) is 0.900. The van der Waals surface area contributed by atoms with Crippen LogP contribution in [-0.2, 0) is 6.54 Å². The van der Waals surface area contributed by atoms with Gasteiger partial charge >= 0.3 is 0 Å². The molecule has 58 valence electrons. The summed E-state index contributed by atoms with van der Waals surface area (Å²) in [5, 5.41) is 15.8. The highest BCUT2D eigenvalue weighted by molar-refractivity contribution is 5.07. The Bertz CT molecular complexity index is 268. The Hall–Kier alpha value is -1.37. The Labute approximate surface area is 65.5 Å². The van der Waals surface area contributed by atoms with E-state index in [0.717, 1.165) is 6.54 Å². The van der Waals surface area contributed by atoms with Crippen molar-refractivity contribution in [3.05, 3.63) is 12.2 Å². The molecule has 4 heteroatoms. The summed E-state index contributed by atoms with van der Waals surface area (Å²) in [4.78, 5) is 0. The molecule has 0 atom stereocenters. The van der Waals surface area contributed by atoms with Crippen LogP contribution in [-0.4, -0.2) is 14.8 Å². The minimum absolute atomic E-state index is 0.388. The molecule has 0 amide bonds. The van der Waals surface area contributed by atoms with Crippen molar-refractivity contribution >= 4 is 0 Å². The maximum Gasteiger partial charge on any atom is 0.234 e. The van der Waals surface area contributed by atoms with Gasteiger partial charge < -0.3 is 4.57 Å². The maximum absolute atomic E-state index is 8.55. The molecule has 0 fully saturated rings. The molecule has 1 aromatic rings. The summed E-state index contributed by atoms with van der Waals surface area (Å²) >= 11 is 0. The Kier molecular flexibility index (Phi) is 2.21. The highest BCUT2D eigenvalue weighted by atomic mass is 15.3. The molecule has 0 bridgehead atoms. The number of nitriles is 1. The average Bonchev–Trinajstić information content (AvgIpc) is 2.34. The minimum atomic E-state index is 0.388. The monoisotopic (exact) mass is 150 g/mol. The SMILES string of the molecule is CC(C)Cn1cnnc1C#N. The van der Waals surface area contributed by atoms with Gasteiger partial charge in [-0.3, -0.25) is 0 Å². The van der Waals surface area contributed by atoms with E-state index in [2.05, 4.69) is 24.0 Å². The number of hydrogen-bond acceptors (Lipinski definition) is 3. The van der Waals surface area contributed by atoms with E-state index >= 15 is 0 Å². The Balaban J connectivity index is 2.79. The third-order valence-electron chi connectivity index (χ3n) is 1.28. The summed E-state index contributed by atoms with van der Waals surface area (Å²) in [6.07, 6.45) is 1.58. The van der Waals surface area contributed by atoms with Crippen molar-refractivity contribution in [3.63, 3.8) is 0 Å². The van der Waals surface area contributed by atoms with Crippen LogP contribution in [0.15, 0.2) is 6.33 Å². The summed E-state index contributed by atoms with van der Waals surface area (Å²) in [6, 6.07) is 1.97. The normalized spacial score (nSPS) is 10.0. The second-order valence-corrected chi connectivity index (χ2v) is 2.81. The van der Waals surface area contributed by atoms with Crippen molar-refractivity contribution in [2.45, 2.75) is 20.4 Å². The van der Waals surface area contributed by atoms with Crippen LogP contribution in [0.25, 0.3) is 0 Å². The Morgan fingerprint density at radius 2 is 2.45 bits per heavy atom. The predicted molar refractivity (Wildman–Crippen MR) is 39.6 cm³/mol. The molecule has 0 saturated heterocycles. The van der Waals surface area contributed by atoms with E-state index in [4.69, 9.17) is 5.26 Å². The lowest BCUT2D eigenvalue weighted by molar-refractivity contribution is 0.518. The van der Waals surface area contributed by atoms with E-state index in [1.165, 1.54) is 0 Å². The molecular formula is C7H10N4. The first kappa shape index (κ1) is 7.73. The van der Waals surface area contributed by atoms with Gasteiger partial charge in [-0.25, -0.2) is 0 Å². The first-order valence-electron chi connectivity index (χ1n) is 3.52. The molecule has 0 spiro atoms. The molecule has 0 unspecified atom stereocenters. The van der Waals surface area contributed by atoms with Gasteiger partial charge in [0.1, 0.15) is 12.4 Å². The fourth-order valence-electron chi connectivity index (χ4n) is 0.869. The third-order valence-corrected chi connectivity index (χ3v) is 1.28. The number of hydrogen-bond donors (Lipinski definition) is 0. The van der Waals surface area contributed by atoms with Gasteiger partial charge in [-0.15, -0.1) is 10.2 Å². The van der Waals surface area contributed by atoms with Gasteiger partial charge in [0.05, 0.1) is 0 Å². The molecule has 0 N–H and O–H groups in total. The predicted octanol–water partition coefficient (Wildman–Crippen LogP) is 0.806. The van der Waals surface area contributed by atoms with E-state index in [-0.39, 0.29) is 0 Å². The zero-order valence-corrected chi connectivity index (χ0v) is 6.65. The molecule has 11 heavy (non-hydrogen) atoms. The summed E-state index contributed by atoms with van der Waals surface area (Å²) in [7, 11) is 0. The third kappa shape index (κ3) is 1.77. The van der Waals surface area contributed by atoms with Gasteiger partial charge in [-0.05, 0) is 5.92 Å². The van der Waals surface area contributed by atoms with Crippen LogP contribution in [0.3, 0.4) is 0 Å². The van der Waals surface area contributed by atoms with Crippen molar-refractivity contribution in [1.29, 1.82) is 5.26 Å². The maximum atomic E-state index is 8.55. The second kappa shape index (κ2) is 3.15. The highest BCUT2D eigenvalue weighted by Crippen LogP contribution is 2.00. The topological polar surface area (TPSA) is 54.5 Å². The minimum Gasteiger partial charge on any atom is -0.305 e. The van der Waals surface area contributed by atoms with Crippen LogP contribution in [0.4, 0.5) is 0 Å². The quantitative estimate of drug-likeness (QED) is 0.626. The fraction of sp³-hybridized carbons (Fsp3) is 0.571. The molecule has 0 aromatic carbocycles. The highest BCUT2D eigenvalue weighted by Gasteiger charge is 2.02. The van der Waals surface area contributed by atoms with E-state index in [9.17, 15) is 0 Å². The second-order valence-electron chi connectivity index (χ2n) is 2.81. The van der Waals surface area contributed by atoms with Crippen molar-refractivity contribution in [2.24, 2.45) is 5.92 Å². The van der Waals surface area contributed by atoms with E-state index < -0.39 is 0 Å². The molecule has 1 heterocycles. The first-order chi connectivity index (χ1) is 5.24. The number of nitrogens with zero attached hydrogens (tertiary/aromatic N) is 4. The van der Waals surface area contributed by atoms with Crippen molar-refractivity contribution in [3.8, 4) is 6.07 Å². The summed E-state index contributed by atoms with van der Waals surface area (Å²) in [6.45, 7) is 4.97. The average molecular weight is 150 g/mol. The zero-order valence-electron chi connectivity index (χ0n) is 6.65. The first-order valence-corrected chi connectivity index (χ1v) is 3.52. The van der Waals surface area contributed by atoms with Crippen LogP contribution < -0.4 is 0 Å². The standard InChI is InChI=1S/C7H10N4/c1-6(2)4-11-5-9-10-7(11)3-8/h5-6H,4H2,1-2H3. The lowest BCUT2D eigenvalue weighted by Gasteiger charge is -2.04. The van der Waals surface area contributed by atoms with E-state index in [1.807, 2.05) is 6.07 Å². The zero-order chi connectivity index (χ0) is 8.27. The molecule has 1 rings (SSSR count). The Morgan fingerprint density at radius 3 is 3.00 bits per heavy atom. The van der Waals surface area contributed by atoms with Crippen molar-refractivity contribution in [1.82, 2.24) is 14.8 Å². The van der Waals surface area contributed by atoms with E-state index in [0.29, 0.717) is 11.7 Å². The number of rotatable bonds is 2. The summed E-state index contributed by atoms with van der Waals surface area (Å²) in [5.41, 5.74) is 0. The largest absolute Gasteiger partial charge is 0.305 e. The van der Waals surface area contributed by atoms with Gasteiger partial charge in [-0.2, -0.15) is 5.26 Å². The molecular weight excluding hydrogens is 140 g/mol. The summed E-state index contributed by atoms with van der Waals surface area (Å²) < 4.78 is 1.75. The fourth-order valence-corrected chi connectivity index (χ4v) is 0.869.